The van der Waals surface area contributed by atoms with Crippen molar-refractivity contribution in [2.75, 3.05) is 31.8 Å². The summed E-state index contributed by atoms with van der Waals surface area (Å²) in [4.78, 5) is 17.0. The first-order valence-corrected chi connectivity index (χ1v) is 7.33. The Morgan fingerprint density at radius 3 is 2.30 bits per heavy atom. The zero-order chi connectivity index (χ0) is 14.7. The van der Waals surface area contributed by atoms with Gasteiger partial charge in [0, 0.05) is 20.1 Å². The van der Waals surface area contributed by atoms with Crippen LogP contribution < -0.4 is 10.6 Å². The number of hydrogen-bond acceptors (Lipinski definition) is 6. The maximum Gasteiger partial charge on any atom is 0.229 e. The van der Waals surface area contributed by atoms with Crippen LogP contribution in [0.3, 0.4) is 0 Å². The van der Waals surface area contributed by atoms with Crippen molar-refractivity contribution in [3.63, 3.8) is 0 Å². The second-order valence-electron chi connectivity index (χ2n) is 6.13. The monoisotopic (exact) mass is 278 g/mol. The third-order valence-electron chi connectivity index (χ3n) is 4.09. The summed E-state index contributed by atoms with van der Waals surface area (Å²) in [7, 11) is 5.96. The molecule has 6 heteroatoms. The molecule has 0 unspecified atom stereocenters. The van der Waals surface area contributed by atoms with Crippen LogP contribution in [0, 0.1) is 5.92 Å². The molecule has 0 aromatic carbocycles. The van der Waals surface area contributed by atoms with Crippen LogP contribution in [-0.4, -0.2) is 47.0 Å². The maximum absolute atomic E-state index is 5.76. The third kappa shape index (κ3) is 3.79. The van der Waals surface area contributed by atoms with Crippen molar-refractivity contribution in [1.82, 2.24) is 19.9 Å². The van der Waals surface area contributed by atoms with E-state index in [4.69, 9.17) is 5.73 Å². The molecule has 1 saturated carbocycles. The van der Waals surface area contributed by atoms with Crippen LogP contribution in [-0.2, 0) is 6.54 Å². The molecule has 2 N–H and O–H groups in total. The SMILES string of the molecule is CC1CCC(N(C)Cc2nc(N)nc(N(C)C)n2)CC1. The van der Waals surface area contributed by atoms with Crippen LogP contribution in [0.4, 0.5) is 11.9 Å². The highest BCUT2D eigenvalue weighted by atomic mass is 15.3. The van der Waals surface area contributed by atoms with E-state index in [0.717, 1.165) is 18.3 Å². The van der Waals surface area contributed by atoms with Crippen LogP contribution in [0.5, 0.6) is 0 Å². The molecule has 112 valence electrons. The predicted octanol–water partition coefficient (Wildman–Crippen LogP) is 1.53. The average molecular weight is 278 g/mol. The molecule has 0 spiro atoms. The molecule has 20 heavy (non-hydrogen) atoms. The predicted molar refractivity (Wildman–Crippen MR) is 81.5 cm³/mol. The fourth-order valence-electron chi connectivity index (χ4n) is 2.73. The first kappa shape index (κ1) is 15.0. The van der Waals surface area contributed by atoms with Gasteiger partial charge in [-0.1, -0.05) is 6.92 Å². The molecule has 0 atom stereocenters. The summed E-state index contributed by atoms with van der Waals surface area (Å²) in [5, 5.41) is 0. The number of nitrogens with two attached hydrogens (primary N) is 1. The van der Waals surface area contributed by atoms with E-state index < -0.39 is 0 Å². The van der Waals surface area contributed by atoms with Gasteiger partial charge in [-0.05, 0) is 38.6 Å². The number of anilines is 2. The minimum Gasteiger partial charge on any atom is -0.368 e. The summed E-state index contributed by atoms with van der Waals surface area (Å²) in [6.45, 7) is 3.07. The molecular weight excluding hydrogens is 252 g/mol. The molecule has 1 fully saturated rings. The van der Waals surface area contributed by atoms with Crippen molar-refractivity contribution in [2.45, 2.75) is 45.2 Å². The number of aromatic nitrogens is 3. The Morgan fingerprint density at radius 2 is 1.70 bits per heavy atom. The van der Waals surface area contributed by atoms with Gasteiger partial charge in [0.15, 0.2) is 0 Å². The van der Waals surface area contributed by atoms with Crippen molar-refractivity contribution in [3.8, 4) is 0 Å². The van der Waals surface area contributed by atoms with Crippen molar-refractivity contribution in [1.29, 1.82) is 0 Å². The normalized spacial score (nSPS) is 23.1. The first-order valence-electron chi connectivity index (χ1n) is 7.33. The lowest BCUT2D eigenvalue weighted by atomic mass is 9.87. The van der Waals surface area contributed by atoms with E-state index in [-0.39, 0.29) is 0 Å². The summed E-state index contributed by atoms with van der Waals surface area (Å²) < 4.78 is 0. The van der Waals surface area contributed by atoms with Gasteiger partial charge < -0.3 is 10.6 Å². The van der Waals surface area contributed by atoms with E-state index in [0.29, 0.717) is 17.9 Å². The Kier molecular flexibility index (Phi) is 4.75. The molecule has 1 aliphatic carbocycles. The van der Waals surface area contributed by atoms with Gasteiger partial charge in [-0.15, -0.1) is 0 Å². The molecule has 0 aliphatic heterocycles. The van der Waals surface area contributed by atoms with E-state index in [1.165, 1.54) is 25.7 Å². The molecule has 6 nitrogen and oxygen atoms in total. The number of hydrogen-bond donors (Lipinski definition) is 1. The molecular formula is C14H26N6. The Morgan fingerprint density at radius 1 is 1.05 bits per heavy atom. The van der Waals surface area contributed by atoms with Crippen molar-refractivity contribution in [3.05, 3.63) is 5.82 Å². The lowest BCUT2D eigenvalue weighted by molar-refractivity contribution is 0.161. The summed E-state index contributed by atoms with van der Waals surface area (Å²) in [6, 6.07) is 0.631. The van der Waals surface area contributed by atoms with Crippen LogP contribution in [0.1, 0.15) is 38.4 Å². The molecule has 0 saturated heterocycles. The molecule has 1 aliphatic rings. The van der Waals surface area contributed by atoms with Gasteiger partial charge in [-0.3, -0.25) is 4.90 Å². The summed E-state index contributed by atoms with van der Waals surface area (Å²) in [5.74, 6) is 2.54. The first-order chi connectivity index (χ1) is 9.45. The molecule has 0 amide bonds. The van der Waals surface area contributed by atoms with Crippen LogP contribution in [0.2, 0.25) is 0 Å². The van der Waals surface area contributed by atoms with Gasteiger partial charge in [0.05, 0.1) is 6.54 Å². The smallest absolute Gasteiger partial charge is 0.229 e. The van der Waals surface area contributed by atoms with Gasteiger partial charge in [0.25, 0.3) is 0 Å². The standard InChI is InChI=1S/C14H26N6/c1-10-5-7-11(8-6-10)20(4)9-12-16-13(15)18-14(17-12)19(2)3/h10-11H,5-9H2,1-4H3,(H2,15,16,17,18). The van der Waals surface area contributed by atoms with Crippen molar-refractivity contribution < 1.29 is 0 Å². The van der Waals surface area contributed by atoms with Crippen LogP contribution in [0.25, 0.3) is 0 Å². The van der Waals surface area contributed by atoms with Crippen molar-refractivity contribution >= 4 is 11.9 Å². The Bertz CT molecular complexity index is 439. The zero-order valence-electron chi connectivity index (χ0n) is 13.0. The highest BCUT2D eigenvalue weighted by Gasteiger charge is 2.22. The van der Waals surface area contributed by atoms with Gasteiger partial charge >= 0.3 is 0 Å². The second kappa shape index (κ2) is 6.35. The number of nitrogen functional groups attached to an aromatic ring is 1. The lowest BCUT2D eigenvalue weighted by Crippen LogP contribution is -2.35. The number of rotatable bonds is 4. The summed E-state index contributed by atoms with van der Waals surface area (Å²) >= 11 is 0. The molecule has 1 heterocycles. The summed E-state index contributed by atoms with van der Waals surface area (Å²) in [6.07, 6.45) is 5.16. The van der Waals surface area contributed by atoms with E-state index in [1.807, 2.05) is 19.0 Å². The Balaban J connectivity index is 2.02. The molecule has 1 aromatic rings. The molecule has 0 radical (unpaired) electrons. The average Bonchev–Trinajstić information content (AvgIpc) is 2.38. The fraction of sp³-hybridized carbons (Fsp3) is 0.786. The highest BCUT2D eigenvalue weighted by Crippen LogP contribution is 2.27. The van der Waals surface area contributed by atoms with E-state index in [2.05, 4.69) is 33.8 Å². The quantitative estimate of drug-likeness (QED) is 0.900. The van der Waals surface area contributed by atoms with Gasteiger partial charge in [-0.25, -0.2) is 0 Å². The van der Waals surface area contributed by atoms with Gasteiger partial charge in [-0.2, -0.15) is 15.0 Å². The zero-order valence-corrected chi connectivity index (χ0v) is 13.0. The largest absolute Gasteiger partial charge is 0.368 e. The Hall–Kier alpha value is -1.43. The van der Waals surface area contributed by atoms with E-state index in [1.54, 1.807) is 0 Å². The lowest BCUT2D eigenvalue weighted by Gasteiger charge is -2.33. The maximum atomic E-state index is 5.76. The number of nitrogens with zero attached hydrogens (tertiary/aromatic N) is 5. The molecule has 2 rings (SSSR count). The molecule has 0 bridgehead atoms. The van der Waals surface area contributed by atoms with Gasteiger partial charge in [0.1, 0.15) is 5.82 Å². The Labute approximate surface area is 121 Å². The third-order valence-corrected chi connectivity index (χ3v) is 4.09. The van der Waals surface area contributed by atoms with E-state index in [9.17, 15) is 0 Å². The van der Waals surface area contributed by atoms with Crippen LogP contribution >= 0.6 is 0 Å². The molecule has 1 aromatic heterocycles. The van der Waals surface area contributed by atoms with E-state index >= 15 is 0 Å². The highest BCUT2D eigenvalue weighted by molar-refractivity contribution is 5.32. The van der Waals surface area contributed by atoms with Crippen LogP contribution in [0.15, 0.2) is 0 Å². The fourth-order valence-corrected chi connectivity index (χ4v) is 2.73. The topological polar surface area (TPSA) is 71.2 Å². The minimum atomic E-state index is 0.296. The van der Waals surface area contributed by atoms with Gasteiger partial charge in [0.2, 0.25) is 11.9 Å². The summed E-state index contributed by atoms with van der Waals surface area (Å²) in [5.41, 5.74) is 5.76. The second-order valence-corrected chi connectivity index (χ2v) is 6.13. The minimum absolute atomic E-state index is 0.296. The van der Waals surface area contributed by atoms with Crippen molar-refractivity contribution in [2.24, 2.45) is 5.92 Å².